The van der Waals surface area contributed by atoms with Gasteiger partial charge in [-0.05, 0) is 7.05 Å². The summed E-state index contributed by atoms with van der Waals surface area (Å²) in [6, 6.07) is 0.614. The van der Waals surface area contributed by atoms with Gasteiger partial charge in [-0.25, -0.2) is 0 Å². The molecule has 0 saturated heterocycles. The number of hydrogen-bond acceptors (Lipinski definition) is 2. The Labute approximate surface area is 83.9 Å². The van der Waals surface area contributed by atoms with Crippen molar-refractivity contribution in [2.75, 3.05) is 31.1 Å². The van der Waals surface area contributed by atoms with E-state index in [1.807, 2.05) is 0 Å². The zero-order valence-electron chi connectivity index (χ0n) is 7.73. The zero-order chi connectivity index (χ0) is 8.69. The molecule has 68 valence electrons. The Balaban J connectivity index is 3.10. The smallest absolute Gasteiger partial charge is 0.0123 e. The van der Waals surface area contributed by atoms with Crippen molar-refractivity contribution in [1.29, 1.82) is 0 Å². The third-order valence-electron chi connectivity index (χ3n) is 1.51. The number of hydrogen-bond donors (Lipinski definition) is 1. The van der Waals surface area contributed by atoms with E-state index in [2.05, 4.69) is 53.7 Å². The Morgan fingerprint density at radius 2 is 2.00 bits per heavy atom. The van der Waals surface area contributed by atoms with Gasteiger partial charge in [-0.1, -0.05) is 36.4 Å². The number of nitrogens with zero attached hydrogens (tertiary/aromatic N) is 1. The molecule has 0 saturated carbocycles. The van der Waals surface area contributed by atoms with E-state index in [0.717, 1.165) is 13.1 Å². The first-order chi connectivity index (χ1) is 5.16. The highest BCUT2D eigenvalue weighted by molar-refractivity contribution is 14.1. The fraction of sp³-hybridized carbons (Fsp3) is 1.00. The third-order valence-corrected chi connectivity index (χ3v) is 1.99. The van der Waals surface area contributed by atoms with E-state index in [9.17, 15) is 0 Å². The Morgan fingerprint density at radius 3 is 2.45 bits per heavy atom. The molecule has 0 amide bonds. The van der Waals surface area contributed by atoms with Gasteiger partial charge in [0.15, 0.2) is 0 Å². The first-order valence-electron chi connectivity index (χ1n) is 4.14. The van der Waals surface area contributed by atoms with Crippen molar-refractivity contribution in [3.05, 3.63) is 0 Å². The van der Waals surface area contributed by atoms with Crippen LogP contribution in [0.4, 0.5) is 0 Å². The highest BCUT2D eigenvalue weighted by atomic mass is 127. The fourth-order valence-corrected chi connectivity index (χ4v) is 1.62. The van der Waals surface area contributed by atoms with Crippen LogP contribution in [-0.4, -0.2) is 42.1 Å². The molecule has 0 rings (SSSR count). The summed E-state index contributed by atoms with van der Waals surface area (Å²) in [5, 5.41) is 3.39. The van der Waals surface area contributed by atoms with Crippen molar-refractivity contribution < 1.29 is 0 Å². The van der Waals surface area contributed by atoms with Gasteiger partial charge in [0, 0.05) is 30.1 Å². The molecule has 0 bridgehead atoms. The van der Waals surface area contributed by atoms with Crippen molar-refractivity contribution in [2.45, 2.75) is 19.9 Å². The average molecular weight is 270 g/mol. The SMILES string of the molecule is CC(C)NCCN(C)CCI. The first-order valence-corrected chi connectivity index (χ1v) is 5.67. The molecule has 0 aromatic rings. The van der Waals surface area contributed by atoms with Crippen LogP contribution >= 0.6 is 22.6 Å². The summed E-state index contributed by atoms with van der Waals surface area (Å²) >= 11 is 2.41. The van der Waals surface area contributed by atoms with Gasteiger partial charge in [-0.15, -0.1) is 0 Å². The van der Waals surface area contributed by atoms with Crippen LogP contribution in [0.25, 0.3) is 0 Å². The van der Waals surface area contributed by atoms with Crippen LogP contribution in [0.5, 0.6) is 0 Å². The zero-order valence-corrected chi connectivity index (χ0v) is 9.89. The molecule has 0 aromatic heterocycles. The van der Waals surface area contributed by atoms with Gasteiger partial charge in [0.05, 0.1) is 0 Å². The Kier molecular flexibility index (Phi) is 7.74. The van der Waals surface area contributed by atoms with Crippen LogP contribution in [0.2, 0.25) is 0 Å². The number of alkyl halides is 1. The minimum atomic E-state index is 0.614. The molecule has 0 unspecified atom stereocenters. The second-order valence-electron chi connectivity index (χ2n) is 3.10. The molecule has 0 radical (unpaired) electrons. The lowest BCUT2D eigenvalue weighted by molar-refractivity contribution is 0.348. The molecule has 11 heavy (non-hydrogen) atoms. The lowest BCUT2D eigenvalue weighted by atomic mass is 10.4. The number of halogens is 1. The summed E-state index contributed by atoms with van der Waals surface area (Å²) in [5.41, 5.74) is 0. The predicted molar refractivity (Wildman–Crippen MR) is 59.5 cm³/mol. The van der Waals surface area contributed by atoms with Crippen molar-refractivity contribution in [3.63, 3.8) is 0 Å². The summed E-state index contributed by atoms with van der Waals surface area (Å²) < 4.78 is 1.22. The maximum atomic E-state index is 3.39. The predicted octanol–water partition coefficient (Wildman–Crippen LogP) is 1.35. The Bertz CT molecular complexity index is 86.2. The summed E-state index contributed by atoms with van der Waals surface area (Å²) in [6.45, 7) is 7.81. The molecule has 1 N–H and O–H groups in total. The van der Waals surface area contributed by atoms with Crippen LogP contribution < -0.4 is 5.32 Å². The van der Waals surface area contributed by atoms with E-state index in [1.165, 1.54) is 11.0 Å². The number of likely N-dealkylation sites (N-methyl/N-ethyl adjacent to an activating group) is 1. The maximum absolute atomic E-state index is 3.39. The van der Waals surface area contributed by atoms with Crippen LogP contribution in [0, 0.1) is 0 Å². The van der Waals surface area contributed by atoms with Gasteiger partial charge in [0.1, 0.15) is 0 Å². The molecular formula is C8H19IN2. The maximum Gasteiger partial charge on any atom is 0.0123 e. The monoisotopic (exact) mass is 270 g/mol. The highest BCUT2D eigenvalue weighted by Crippen LogP contribution is 1.86. The first kappa shape index (κ1) is 11.6. The largest absolute Gasteiger partial charge is 0.313 e. The summed E-state index contributed by atoms with van der Waals surface area (Å²) in [7, 11) is 2.17. The fourth-order valence-electron chi connectivity index (χ4n) is 0.800. The summed E-state index contributed by atoms with van der Waals surface area (Å²) in [6.07, 6.45) is 0. The molecule has 2 nitrogen and oxygen atoms in total. The van der Waals surface area contributed by atoms with Gasteiger partial charge in [0.2, 0.25) is 0 Å². The van der Waals surface area contributed by atoms with Crippen molar-refractivity contribution in [3.8, 4) is 0 Å². The molecule has 0 aliphatic carbocycles. The van der Waals surface area contributed by atoms with Crippen LogP contribution in [-0.2, 0) is 0 Å². The van der Waals surface area contributed by atoms with Crippen LogP contribution in [0.3, 0.4) is 0 Å². The van der Waals surface area contributed by atoms with Gasteiger partial charge >= 0.3 is 0 Å². The molecule has 3 heteroatoms. The van der Waals surface area contributed by atoms with Gasteiger partial charge in [0.25, 0.3) is 0 Å². The topological polar surface area (TPSA) is 15.3 Å². The van der Waals surface area contributed by atoms with E-state index >= 15 is 0 Å². The van der Waals surface area contributed by atoms with Crippen LogP contribution in [0.15, 0.2) is 0 Å². The quantitative estimate of drug-likeness (QED) is 0.579. The summed E-state index contributed by atoms with van der Waals surface area (Å²) in [5.74, 6) is 0. The van der Waals surface area contributed by atoms with Gasteiger partial charge in [-0.3, -0.25) is 0 Å². The minimum Gasteiger partial charge on any atom is -0.313 e. The van der Waals surface area contributed by atoms with Crippen LogP contribution in [0.1, 0.15) is 13.8 Å². The highest BCUT2D eigenvalue weighted by Gasteiger charge is 1.96. The van der Waals surface area contributed by atoms with Gasteiger partial charge in [-0.2, -0.15) is 0 Å². The molecule has 0 aliphatic heterocycles. The van der Waals surface area contributed by atoms with E-state index in [4.69, 9.17) is 0 Å². The molecule has 0 aromatic carbocycles. The molecule has 0 spiro atoms. The Hall–Kier alpha value is 0.650. The molecule has 0 fully saturated rings. The molecule has 0 atom stereocenters. The standard InChI is InChI=1S/C8H19IN2/c1-8(2)10-5-7-11(3)6-4-9/h8,10H,4-7H2,1-3H3. The number of nitrogens with one attached hydrogen (secondary N) is 1. The molecule has 0 aliphatic rings. The molecular weight excluding hydrogens is 251 g/mol. The van der Waals surface area contributed by atoms with Gasteiger partial charge < -0.3 is 10.2 Å². The van der Waals surface area contributed by atoms with Crippen molar-refractivity contribution in [1.82, 2.24) is 10.2 Å². The normalized spacial score (nSPS) is 11.5. The van der Waals surface area contributed by atoms with E-state index in [1.54, 1.807) is 0 Å². The van der Waals surface area contributed by atoms with E-state index in [0.29, 0.717) is 6.04 Å². The lowest BCUT2D eigenvalue weighted by Gasteiger charge is -2.16. The molecule has 0 heterocycles. The minimum absolute atomic E-state index is 0.614. The second kappa shape index (κ2) is 7.31. The van der Waals surface area contributed by atoms with Crippen molar-refractivity contribution >= 4 is 22.6 Å². The van der Waals surface area contributed by atoms with Crippen molar-refractivity contribution in [2.24, 2.45) is 0 Å². The lowest BCUT2D eigenvalue weighted by Crippen LogP contribution is -2.33. The summed E-state index contributed by atoms with van der Waals surface area (Å²) in [4.78, 5) is 2.35. The second-order valence-corrected chi connectivity index (χ2v) is 4.18. The average Bonchev–Trinajstić information content (AvgIpc) is 1.87. The van der Waals surface area contributed by atoms with E-state index in [-0.39, 0.29) is 0 Å². The Morgan fingerprint density at radius 1 is 1.36 bits per heavy atom. The van der Waals surface area contributed by atoms with E-state index < -0.39 is 0 Å². The number of rotatable bonds is 6. The third kappa shape index (κ3) is 8.56.